The molecule has 0 fully saturated rings. The first kappa shape index (κ1) is 18.6. The van der Waals surface area contributed by atoms with Crippen LogP contribution in [0.1, 0.15) is 33.6 Å². The lowest BCUT2D eigenvalue weighted by molar-refractivity contribution is -0.119. The van der Waals surface area contributed by atoms with Crippen LogP contribution in [0.25, 0.3) is 10.9 Å². The Morgan fingerprint density at radius 1 is 1.18 bits per heavy atom. The molecule has 142 valence electrons. The van der Waals surface area contributed by atoms with Gasteiger partial charge in [-0.15, -0.1) is 0 Å². The molecule has 0 atom stereocenters. The number of carbonyl (C=O) groups excluding carboxylic acids is 2. The number of aryl methyl sites for hydroxylation is 2. The molecule has 0 radical (unpaired) electrons. The van der Waals surface area contributed by atoms with Crippen LogP contribution in [0.4, 0.5) is 5.69 Å². The third-order valence-corrected chi connectivity index (χ3v) is 5.51. The second-order valence-electron chi connectivity index (χ2n) is 6.89. The number of nitrogens with zero attached hydrogens (tertiary/aromatic N) is 1. The molecule has 1 aromatic heterocycles. The second-order valence-corrected chi connectivity index (χ2v) is 7.74. The number of para-hydroxylation sites is 1. The molecule has 28 heavy (non-hydrogen) atoms. The summed E-state index contributed by atoms with van der Waals surface area (Å²) in [4.78, 5) is 29.8. The SMILES string of the molecule is Cc1ccc(NC(=O)COC(=O)c2c3c(nc4ccccc24)CCC3)c(Br)c1. The fourth-order valence-electron chi connectivity index (χ4n) is 3.56. The van der Waals surface area contributed by atoms with Crippen LogP contribution in [0.2, 0.25) is 0 Å². The van der Waals surface area contributed by atoms with E-state index in [1.807, 2.05) is 49.4 Å². The largest absolute Gasteiger partial charge is 0.452 e. The summed E-state index contributed by atoms with van der Waals surface area (Å²) in [5, 5.41) is 3.53. The Morgan fingerprint density at radius 3 is 2.82 bits per heavy atom. The molecule has 5 nitrogen and oxygen atoms in total. The van der Waals surface area contributed by atoms with Gasteiger partial charge in [0.05, 0.1) is 16.8 Å². The number of pyridine rings is 1. The van der Waals surface area contributed by atoms with Gasteiger partial charge >= 0.3 is 5.97 Å². The van der Waals surface area contributed by atoms with Crippen molar-refractivity contribution in [2.24, 2.45) is 0 Å². The summed E-state index contributed by atoms with van der Waals surface area (Å²) in [6, 6.07) is 13.2. The minimum atomic E-state index is -0.477. The number of halogens is 1. The average Bonchev–Trinajstić information content (AvgIpc) is 3.14. The summed E-state index contributed by atoms with van der Waals surface area (Å²) in [5.41, 5.74) is 4.95. The van der Waals surface area contributed by atoms with Gasteiger partial charge in [-0.2, -0.15) is 0 Å². The highest BCUT2D eigenvalue weighted by molar-refractivity contribution is 9.10. The normalized spacial score (nSPS) is 12.6. The van der Waals surface area contributed by atoms with Crippen LogP contribution in [-0.4, -0.2) is 23.5 Å². The van der Waals surface area contributed by atoms with Gasteiger partial charge in [-0.25, -0.2) is 4.79 Å². The number of hydrogen-bond acceptors (Lipinski definition) is 4. The Bertz CT molecular complexity index is 1090. The summed E-state index contributed by atoms with van der Waals surface area (Å²) < 4.78 is 6.15. The third-order valence-electron chi connectivity index (χ3n) is 4.86. The molecule has 0 bridgehead atoms. The highest BCUT2D eigenvalue weighted by Gasteiger charge is 2.25. The summed E-state index contributed by atoms with van der Waals surface area (Å²) in [7, 11) is 0. The van der Waals surface area contributed by atoms with Gasteiger partial charge in [0, 0.05) is 15.6 Å². The van der Waals surface area contributed by atoms with Crippen molar-refractivity contribution in [1.82, 2.24) is 4.98 Å². The van der Waals surface area contributed by atoms with Crippen LogP contribution in [0, 0.1) is 6.92 Å². The van der Waals surface area contributed by atoms with Crippen molar-refractivity contribution in [2.45, 2.75) is 26.2 Å². The van der Waals surface area contributed by atoms with Gasteiger partial charge in [-0.3, -0.25) is 9.78 Å². The number of fused-ring (bicyclic) bond motifs is 2. The fraction of sp³-hybridized carbons (Fsp3) is 0.227. The van der Waals surface area contributed by atoms with E-state index in [9.17, 15) is 9.59 Å². The van der Waals surface area contributed by atoms with Crippen molar-refractivity contribution >= 4 is 44.4 Å². The van der Waals surface area contributed by atoms with Crippen LogP contribution < -0.4 is 5.32 Å². The van der Waals surface area contributed by atoms with E-state index in [-0.39, 0.29) is 12.5 Å². The predicted molar refractivity (Wildman–Crippen MR) is 112 cm³/mol. The van der Waals surface area contributed by atoms with Crippen LogP contribution in [0.15, 0.2) is 46.9 Å². The molecule has 4 rings (SSSR count). The lowest BCUT2D eigenvalue weighted by atomic mass is 10.0. The van der Waals surface area contributed by atoms with E-state index in [0.717, 1.165) is 51.5 Å². The van der Waals surface area contributed by atoms with Crippen molar-refractivity contribution in [3.05, 3.63) is 69.3 Å². The highest BCUT2D eigenvalue weighted by Crippen LogP contribution is 2.30. The minimum Gasteiger partial charge on any atom is -0.452 e. The number of benzene rings is 2. The summed E-state index contributed by atoms with van der Waals surface area (Å²) in [6.07, 6.45) is 2.64. The maximum atomic E-state index is 12.8. The number of aromatic nitrogens is 1. The molecule has 3 aromatic rings. The maximum absolute atomic E-state index is 12.8. The zero-order valence-corrected chi connectivity index (χ0v) is 17.0. The van der Waals surface area contributed by atoms with Gasteiger partial charge in [-0.05, 0) is 71.4 Å². The molecule has 1 amide bonds. The van der Waals surface area contributed by atoms with Gasteiger partial charge < -0.3 is 10.1 Å². The van der Waals surface area contributed by atoms with Crippen LogP contribution in [0.3, 0.4) is 0 Å². The number of carbonyl (C=O) groups is 2. The van der Waals surface area contributed by atoms with Gasteiger partial charge in [0.2, 0.25) is 0 Å². The zero-order chi connectivity index (χ0) is 19.7. The Hall–Kier alpha value is -2.73. The smallest absolute Gasteiger partial charge is 0.339 e. The molecular weight excluding hydrogens is 420 g/mol. The predicted octanol–water partition coefficient (Wildman–Crippen LogP) is 4.59. The average molecular weight is 439 g/mol. The molecule has 2 aromatic carbocycles. The van der Waals surface area contributed by atoms with Crippen molar-refractivity contribution in [1.29, 1.82) is 0 Å². The lowest BCUT2D eigenvalue weighted by Crippen LogP contribution is -2.22. The Labute approximate surface area is 171 Å². The molecule has 0 aliphatic heterocycles. The van der Waals surface area contributed by atoms with Crippen molar-refractivity contribution in [2.75, 3.05) is 11.9 Å². The third kappa shape index (κ3) is 3.64. The van der Waals surface area contributed by atoms with Crippen molar-refractivity contribution in [3.8, 4) is 0 Å². The quantitative estimate of drug-likeness (QED) is 0.604. The first-order valence-electron chi connectivity index (χ1n) is 9.16. The number of nitrogens with one attached hydrogen (secondary N) is 1. The Kier molecular flexibility index (Phi) is 5.13. The van der Waals surface area contributed by atoms with E-state index in [0.29, 0.717) is 11.3 Å². The van der Waals surface area contributed by atoms with Crippen LogP contribution in [0.5, 0.6) is 0 Å². The number of hydrogen-bond donors (Lipinski definition) is 1. The maximum Gasteiger partial charge on any atom is 0.339 e. The fourth-order valence-corrected chi connectivity index (χ4v) is 4.15. The molecule has 0 unspecified atom stereocenters. The topological polar surface area (TPSA) is 68.3 Å². The molecule has 1 heterocycles. The number of amides is 1. The molecule has 1 N–H and O–H groups in total. The number of ether oxygens (including phenoxy) is 1. The van der Waals surface area contributed by atoms with Gasteiger partial charge in [0.25, 0.3) is 5.91 Å². The standard InChI is InChI=1S/C22H19BrN2O3/c1-13-9-10-19(16(23)11-13)25-20(26)12-28-22(27)21-14-5-2-3-7-17(14)24-18-8-4-6-15(18)21/h2-3,5,7,9-11H,4,6,8,12H2,1H3,(H,25,26). The molecule has 0 saturated heterocycles. The van der Waals surface area contributed by atoms with Gasteiger partial charge in [0.15, 0.2) is 6.61 Å². The van der Waals surface area contributed by atoms with E-state index in [4.69, 9.17) is 4.74 Å². The van der Waals surface area contributed by atoms with E-state index in [1.54, 1.807) is 0 Å². The first-order chi connectivity index (χ1) is 13.5. The second kappa shape index (κ2) is 7.72. The molecule has 0 saturated carbocycles. The molecule has 1 aliphatic rings. The van der Waals surface area contributed by atoms with E-state index < -0.39 is 5.97 Å². The molecule has 0 spiro atoms. The number of esters is 1. The molecule has 6 heteroatoms. The first-order valence-corrected chi connectivity index (χ1v) is 9.96. The molecule has 1 aliphatic carbocycles. The Balaban J connectivity index is 1.52. The Morgan fingerprint density at radius 2 is 2.00 bits per heavy atom. The van der Waals surface area contributed by atoms with Crippen molar-refractivity contribution in [3.63, 3.8) is 0 Å². The van der Waals surface area contributed by atoms with Gasteiger partial charge in [0.1, 0.15) is 0 Å². The van der Waals surface area contributed by atoms with E-state index in [1.165, 1.54) is 0 Å². The van der Waals surface area contributed by atoms with Crippen LogP contribution in [-0.2, 0) is 22.4 Å². The monoisotopic (exact) mass is 438 g/mol. The molecular formula is C22H19BrN2O3. The highest BCUT2D eigenvalue weighted by atomic mass is 79.9. The van der Waals surface area contributed by atoms with E-state index in [2.05, 4.69) is 26.2 Å². The summed E-state index contributed by atoms with van der Waals surface area (Å²) in [5.74, 6) is -0.859. The zero-order valence-electron chi connectivity index (χ0n) is 15.4. The van der Waals surface area contributed by atoms with E-state index >= 15 is 0 Å². The van der Waals surface area contributed by atoms with Gasteiger partial charge in [-0.1, -0.05) is 24.3 Å². The van der Waals surface area contributed by atoms with Crippen molar-refractivity contribution < 1.29 is 14.3 Å². The minimum absolute atomic E-state index is 0.343. The number of anilines is 1. The lowest BCUT2D eigenvalue weighted by Gasteiger charge is -2.12. The summed E-state index contributed by atoms with van der Waals surface area (Å²) in [6.45, 7) is 1.63. The van der Waals surface area contributed by atoms with Crippen LogP contribution >= 0.6 is 15.9 Å². The number of rotatable bonds is 4. The summed E-state index contributed by atoms with van der Waals surface area (Å²) >= 11 is 3.42.